The number of carbonyl (C=O) groups is 3. The Kier molecular flexibility index (Phi) is 11.9. The smallest absolute Gasteiger partial charge is 0.410 e. The quantitative estimate of drug-likeness (QED) is 0.112. The maximum atomic E-state index is 13.6. The fraction of sp³-hybridized carbons (Fsp3) is 0.394. The average Bonchev–Trinajstić information content (AvgIpc) is 3.36. The molecule has 10 nitrogen and oxygen atoms in total. The molecule has 46 heavy (non-hydrogen) atoms. The van der Waals surface area contributed by atoms with E-state index in [1.54, 1.807) is 18.9 Å². The number of para-hydroxylation sites is 2. The van der Waals surface area contributed by atoms with E-state index in [1.165, 1.54) is 23.1 Å². The van der Waals surface area contributed by atoms with Crippen molar-refractivity contribution in [3.63, 3.8) is 0 Å². The first-order valence-electron chi connectivity index (χ1n) is 15.0. The molecule has 1 unspecified atom stereocenters. The zero-order chi connectivity index (χ0) is 33.4. The monoisotopic (exact) mass is 684 g/mol. The van der Waals surface area contributed by atoms with Gasteiger partial charge in [-0.2, -0.15) is 0 Å². The highest BCUT2D eigenvalue weighted by Crippen LogP contribution is 2.39. The molecule has 2 aromatic carbocycles. The van der Waals surface area contributed by atoms with Crippen molar-refractivity contribution in [1.29, 1.82) is 0 Å². The topological polar surface area (TPSA) is 118 Å². The Morgan fingerprint density at radius 2 is 1.83 bits per heavy atom. The Morgan fingerprint density at radius 3 is 2.52 bits per heavy atom. The summed E-state index contributed by atoms with van der Waals surface area (Å²) in [4.78, 5) is 42.8. The summed E-state index contributed by atoms with van der Waals surface area (Å²) in [5.74, 6) is -0.0450. The van der Waals surface area contributed by atoms with Crippen LogP contribution in [0.3, 0.4) is 0 Å². The fourth-order valence-corrected chi connectivity index (χ4v) is 7.25. The molecule has 3 aromatic rings. The maximum absolute atomic E-state index is 13.6. The Morgan fingerprint density at radius 1 is 1.07 bits per heavy atom. The number of fused-ring (bicyclic) bond motifs is 1. The summed E-state index contributed by atoms with van der Waals surface area (Å²) in [6.45, 7) is 10.0. The zero-order valence-corrected chi connectivity index (χ0v) is 29.3. The van der Waals surface area contributed by atoms with E-state index < -0.39 is 22.9 Å². The Bertz CT molecular complexity index is 1590. The van der Waals surface area contributed by atoms with Gasteiger partial charge in [-0.3, -0.25) is 4.79 Å². The number of nitrogens with one attached hydrogen (secondary N) is 3. The van der Waals surface area contributed by atoms with Gasteiger partial charge in [-0.25, -0.2) is 9.59 Å². The number of anilines is 3. The number of amides is 2. The second-order valence-corrected chi connectivity index (χ2v) is 14.2. The number of hydrogen-bond donors (Lipinski definition) is 3. The molecule has 0 aliphatic carbocycles. The third kappa shape index (κ3) is 9.14. The van der Waals surface area contributed by atoms with Crippen molar-refractivity contribution in [1.82, 2.24) is 4.90 Å². The average molecular weight is 685 g/mol. The van der Waals surface area contributed by atoms with Gasteiger partial charge in [0.1, 0.15) is 16.4 Å². The summed E-state index contributed by atoms with van der Waals surface area (Å²) in [6.07, 6.45) is 0.591. The van der Waals surface area contributed by atoms with Crippen LogP contribution in [0, 0.1) is 0 Å². The SMILES string of the molecule is CCOC(=O)c1c(NC(=O)C(CC)Sc2cccc(NC(=S)Nc3ccccc3OC)c2)sc2c1CCN(C(=O)OC(C)(C)C)C2. The van der Waals surface area contributed by atoms with Crippen LogP contribution in [0.25, 0.3) is 0 Å². The highest BCUT2D eigenvalue weighted by molar-refractivity contribution is 8.00. The number of methoxy groups -OCH3 is 1. The van der Waals surface area contributed by atoms with Crippen molar-refractivity contribution in [2.45, 2.75) is 69.8 Å². The molecule has 0 saturated carbocycles. The Hall–Kier alpha value is -3.81. The molecule has 0 spiro atoms. The lowest BCUT2D eigenvalue weighted by atomic mass is 10.0. The van der Waals surface area contributed by atoms with Crippen LogP contribution in [0.5, 0.6) is 5.75 Å². The molecule has 2 heterocycles. The van der Waals surface area contributed by atoms with E-state index in [9.17, 15) is 14.4 Å². The first-order chi connectivity index (χ1) is 21.9. The molecule has 1 aromatic heterocycles. The van der Waals surface area contributed by atoms with Crippen molar-refractivity contribution in [3.8, 4) is 5.75 Å². The van der Waals surface area contributed by atoms with Crippen LogP contribution in [-0.4, -0.2) is 59.1 Å². The number of ether oxygens (including phenoxy) is 3. The van der Waals surface area contributed by atoms with Gasteiger partial charge < -0.3 is 35.1 Å². The molecule has 0 fully saturated rings. The van der Waals surface area contributed by atoms with E-state index in [2.05, 4.69) is 16.0 Å². The molecule has 1 aliphatic heterocycles. The normalized spacial score (nSPS) is 13.2. The van der Waals surface area contributed by atoms with Gasteiger partial charge in [-0.1, -0.05) is 25.1 Å². The summed E-state index contributed by atoms with van der Waals surface area (Å²) < 4.78 is 16.3. The molecule has 2 amide bonds. The lowest BCUT2D eigenvalue weighted by Gasteiger charge is -2.30. The molecule has 0 bridgehead atoms. The zero-order valence-electron chi connectivity index (χ0n) is 26.9. The first-order valence-corrected chi connectivity index (χ1v) is 17.1. The second-order valence-electron chi connectivity index (χ2n) is 11.4. The number of esters is 1. The van der Waals surface area contributed by atoms with Crippen molar-refractivity contribution < 1.29 is 28.6 Å². The number of carbonyl (C=O) groups excluding carboxylic acids is 3. The summed E-state index contributed by atoms with van der Waals surface area (Å²) in [7, 11) is 1.60. The Labute approximate surface area is 283 Å². The second kappa shape index (κ2) is 15.7. The minimum Gasteiger partial charge on any atom is -0.495 e. The predicted molar refractivity (Wildman–Crippen MR) is 188 cm³/mol. The number of thiocarbonyl (C=S) groups is 1. The third-order valence-corrected chi connectivity index (χ3v) is 9.51. The van der Waals surface area contributed by atoms with Crippen molar-refractivity contribution >= 4 is 74.8 Å². The molecular weight excluding hydrogens is 645 g/mol. The van der Waals surface area contributed by atoms with Gasteiger partial charge in [0.2, 0.25) is 5.91 Å². The van der Waals surface area contributed by atoms with Crippen LogP contribution in [0.4, 0.5) is 21.2 Å². The molecule has 13 heteroatoms. The van der Waals surface area contributed by atoms with Gasteiger partial charge in [0.05, 0.1) is 36.8 Å². The summed E-state index contributed by atoms with van der Waals surface area (Å²) >= 11 is 8.23. The molecule has 4 rings (SSSR count). The highest BCUT2D eigenvalue weighted by Gasteiger charge is 2.33. The Balaban J connectivity index is 1.47. The summed E-state index contributed by atoms with van der Waals surface area (Å²) in [5.41, 5.74) is 2.05. The van der Waals surface area contributed by atoms with E-state index in [-0.39, 0.29) is 19.1 Å². The van der Waals surface area contributed by atoms with E-state index in [0.717, 1.165) is 26.7 Å². The molecule has 3 N–H and O–H groups in total. The molecular formula is C33H40N4O6S3. The third-order valence-electron chi connectivity index (χ3n) is 6.81. The summed E-state index contributed by atoms with van der Waals surface area (Å²) in [6, 6.07) is 15.1. The minimum absolute atomic E-state index is 0.205. The van der Waals surface area contributed by atoms with Crippen molar-refractivity contribution in [2.24, 2.45) is 0 Å². The number of hydrogen-bond acceptors (Lipinski definition) is 9. The van der Waals surface area contributed by atoms with E-state index in [4.69, 9.17) is 26.4 Å². The van der Waals surface area contributed by atoms with Crippen LogP contribution < -0.4 is 20.7 Å². The van der Waals surface area contributed by atoms with E-state index in [1.807, 2.05) is 76.2 Å². The van der Waals surface area contributed by atoms with E-state index >= 15 is 0 Å². The van der Waals surface area contributed by atoms with Gasteiger partial charge in [-0.05, 0) is 88.6 Å². The van der Waals surface area contributed by atoms with Crippen LogP contribution in [0.2, 0.25) is 0 Å². The fourth-order valence-electron chi connectivity index (χ4n) is 4.75. The summed E-state index contributed by atoms with van der Waals surface area (Å²) in [5, 5.41) is 9.74. The maximum Gasteiger partial charge on any atom is 0.410 e. The molecule has 1 aliphatic rings. The van der Waals surface area contributed by atoms with Gasteiger partial charge in [-0.15, -0.1) is 23.1 Å². The number of nitrogens with zero attached hydrogens (tertiary/aromatic N) is 1. The van der Waals surface area contributed by atoms with Gasteiger partial charge >= 0.3 is 12.1 Å². The van der Waals surface area contributed by atoms with Crippen LogP contribution in [0.1, 0.15) is 61.8 Å². The first kappa shape index (κ1) is 35.1. The number of benzene rings is 2. The van der Waals surface area contributed by atoms with Crippen molar-refractivity contribution in [3.05, 3.63) is 64.5 Å². The molecule has 246 valence electrons. The van der Waals surface area contributed by atoms with Gasteiger partial charge in [0.25, 0.3) is 0 Å². The minimum atomic E-state index is -0.621. The standard InChI is InChI=1S/C33H40N4O6S3/c1-7-25(45-21-13-11-12-20(18-21)34-31(44)35-23-14-9-10-15-24(23)41-6)28(38)36-29-27(30(39)42-8-2)22-16-17-37(19-26(22)46-29)32(40)43-33(3,4)5/h9-15,18,25H,7-8,16-17,19H2,1-6H3,(H,36,38)(H2,34,35,44). The lowest BCUT2D eigenvalue weighted by Crippen LogP contribution is -2.39. The number of rotatable bonds is 10. The van der Waals surface area contributed by atoms with E-state index in [0.29, 0.717) is 40.8 Å². The van der Waals surface area contributed by atoms with Gasteiger partial charge in [0.15, 0.2) is 5.11 Å². The molecule has 1 atom stereocenters. The lowest BCUT2D eigenvalue weighted by molar-refractivity contribution is -0.115. The van der Waals surface area contributed by atoms with Crippen molar-refractivity contribution in [2.75, 3.05) is 36.2 Å². The van der Waals surface area contributed by atoms with Crippen LogP contribution in [-0.2, 0) is 27.2 Å². The largest absolute Gasteiger partial charge is 0.495 e. The molecule has 0 saturated heterocycles. The van der Waals surface area contributed by atoms with Crippen LogP contribution >= 0.6 is 35.3 Å². The number of thiophene rings is 1. The predicted octanol–water partition coefficient (Wildman–Crippen LogP) is 7.54. The molecule has 0 radical (unpaired) electrons. The highest BCUT2D eigenvalue weighted by atomic mass is 32.2. The van der Waals surface area contributed by atoms with Gasteiger partial charge in [0, 0.05) is 22.0 Å². The number of thioether (sulfide) groups is 1. The van der Waals surface area contributed by atoms with Crippen LogP contribution in [0.15, 0.2) is 53.4 Å².